The number of aliphatic hydroxyl groups is 2. The number of hydrogen-bond donors (Lipinski definition) is 6. The molecule has 1 fully saturated rings. The Hall–Kier alpha value is -5.25. The molecular formula is C44H63N7O8. The van der Waals surface area contributed by atoms with Gasteiger partial charge in [0, 0.05) is 19.6 Å². The average molecular weight is 818 g/mol. The number of carbonyl (C=O) groups is 4. The monoisotopic (exact) mass is 817 g/mol. The predicted molar refractivity (Wildman–Crippen MR) is 224 cm³/mol. The number of ether oxygens (including phenoxy) is 2. The lowest BCUT2D eigenvalue weighted by atomic mass is 9.83. The highest BCUT2D eigenvalue weighted by atomic mass is 16.5. The van der Waals surface area contributed by atoms with Crippen LogP contribution in [0.25, 0.3) is 0 Å². The molecule has 6 N–H and O–H groups in total. The molecule has 4 rings (SSSR count). The lowest BCUT2D eigenvalue weighted by Gasteiger charge is -2.36. The van der Waals surface area contributed by atoms with E-state index in [1.165, 1.54) is 7.11 Å². The van der Waals surface area contributed by atoms with E-state index in [1.54, 1.807) is 61.2 Å². The first-order valence-corrected chi connectivity index (χ1v) is 20.1. The zero-order chi connectivity index (χ0) is 43.5. The van der Waals surface area contributed by atoms with Crippen molar-refractivity contribution in [3.05, 3.63) is 95.3 Å². The first kappa shape index (κ1) is 46.4. The molecule has 6 atom stereocenters. The lowest BCUT2D eigenvalue weighted by Crippen LogP contribution is -2.59. The van der Waals surface area contributed by atoms with Crippen LogP contribution < -0.4 is 26.1 Å². The SMILES string of the molecule is CCC(C)C(C(=O)NC(Cc1ccccc1)C(O)CN(Cc1ccc(OC)cc1)NC(=O)C(NC(=O)OC)C(C)(C)C)C1CNC(=O)N1Cc1cccc(C(C)(C)O)n1. The third kappa shape index (κ3) is 13.1. The molecule has 3 aromatic rings. The minimum Gasteiger partial charge on any atom is -0.497 e. The van der Waals surface area contributed by atoms with E-state index < -0.39 is 53.2 Å². The second-order valence-electron chi connectivity index (χ2n) is 16.9. The zero-order valence-electron chi connectivity index (χ0n) is 35.8. The maximum absolute atomic E-state index is 14.7. The van der Waals surface area contributed by atoms with E-state index in [1.807, 2.05) is 77.1 Å². The largest absolute Gasteiger partial charge is 0.497 e. The highest BCUT2D eigenvalue weighted by Crippen LogP contribution is 2.29. The minimum absolute atomic E-state index is 0.114. The summed E-state index contributed by atoms with van der Waals surface area (Å²) < 4.78 is 10.1. The normalized spacial score (nSPS) is 17.0. The molecule has 15 heteroatoms. The van der Waals surface area contributed by atoms with Gasteiger partial charge in [-0.2, -0.15) is 0 Å². The van der Waals surface area contributed by atoms with E-state index in [4.69, 9.17) is 9.47 Å². The molecule has 5 amide bonds. The second-order valence-corrected chi connectivity index (χ2v) is 16.9. The fraction of sp³-hybridized carbons (Fsp3) is 0.523. The third-order valence-electron chi connectivity index (χ3n) is 10.7. The Morgan fingerprint density at radius 3 is 2.22 bits per heavy atom. The van der Waals surface area contributed by atoms with E-state index in [0.717, 1.165) is 11.1 Å². The van der Waals surface area contributed by atoms with Crippen LogP contribution in [0.1, 0.15) is 77.4 Å². The Morgan fingerprint density at radius 2 is 1.63 bits per heavy atom. The molecule has 0 spiro atoms. The van der Waals surface area contributed by atoms with E-state index in [-0.39, 0.29) is 50.5 Å². The van der Waals surface area contributed by atoms with Gasteiger partial charge < -0.3 is 40.5 Å². The van der Waals surface area contributed by atoms with Crippen molar-refractivity contribution in [3.63, 3.8) is 0 Å². The molecular weight excluding hydrogens is 755 g/mol. The van der Waals surface area contributed by atoms with Gasteiger partial charge in [0.2, 0.25) is 5.91 Å². The van der Waals surface area contributed by atoms with Gasteiger partial charge in [0.05, 0.1) is 56.3 Å². The number of pyridine rings is 1. The summed E-state index contributed by atoms with van der Waals surface area (Å²) in [6.07, 6.45) is -1.07. The summed E-state index contributed by atoms with van der Waals surface area (Å²) in [6.45, 7) is 13.1. The summed E-state index contributed by atoms with van der Waals surface area (Å²) in [4.78, 5) is 60.5. The van der Waals surface area contributed by atoms with Crippen LogP contribution in [-0.2, 0) is 39.4 Å². The molecule has 1 aliphatic rings. The molecule has 1 aliphatic heterocycles. The number of hydrazine groups is 1. The van der Waals surface area contributed by atoms with Crippen LogP contribution in [0.4, 0.5) is 9.59 Å². The van der Waals surface area contributed by atoms with Crippen molar-refractivity contribution < 1.29 is 38.9 Å². The van der Waals surface area contributed by atoms with Crippen LogP contribution in [0.3, 0.4) is 0 Å². The molecule has 322 valence electrons. The van der Waals surface area contributed by atoms with Crippen LogP contribution in [0.15, 0.2) is 72.8 Å². The number of hydrogen-bond acceptors (Lipinski definition) is 10. The number of nitrogens with one attached hydrogen (secondary N) is 4. The Balaban J connectivity index is 1.65. The fourth-order valence-corrected chi connectivity index (χ4v) is 7.17. The van der Waals surface area contributed by atoms with Crippen molar-refractivity contribution in [2.24, 2.45) is 17.3 Å². The number of benzene rings is 2. The molecule has 0 bridgehead atoms. The van der Waals surface area contributed by atoms with E-state index >= 15 is 0 Å². The van der Waals surface area contributed by atoms with Gasteiger partial charge in [0.1, 0.15) is 17.4 Å². The number of aromatic nitrogens is 1. The van der Waals surface area contributed by atoms with Crippen LogP contribution in [-0.4, -0.2) is 101 Å². The van der Waals surface area contributed by atoms with Crippen molar-refractivity contribution >= 4 is 23.9 Å². The van der Waals surface area contributed by atoms with Gasteiger partial charge >= 0.3 is 12.1 Å². The summed E-state index contributed by atoms with van der Waals surface area (Å²) >= 11 is 0. The number of methoxy groups -OCH3 is 2. The molecule has 59 heavy (non-hydrogen) atoms. The predicted octanol–water partition coefficient (Wildman–Crippen LogP) is 4.27. The van der Waals surface area contributed by atoms with Crippen LogP contribution in [0, 0.1) is 17.3 Å². The molecule has 1 aromatic heterocycles. The Morgan fingerprint density at radius 1 is 0.949 bits per heavy atom. The van der Waals surface area contributed by atoms with Gasteiger partial charge in [-0.05, 0) is 67.0 Å². The van der Waals surface area contributed by atoms with Gasteiger partial charge in [-0.3, -0.25) is 20.0 Å². The van der Waals surface area contributed by atoms with Gasteiger partial charge in [0.25, 0.3) is 5.91 Å². The second kappa shape index (κ2) is 20.6. The zero-order valence-corrected chi connectivity index (χ0v) is 35.8. The molecule has 2 heterocycles. The quantitative estimate of drug-likeness (QED) is 0.0953. The topological polar surface area (TPSA) is 195 Å². The van der Waals surface area contributed by atoms with Crippen molar-refractivity contribution in [1.82, 2.24) is 36.3 Å². The molecule has 0 radical (unpaired) electrons. The summed E-state index contributed by atoms with van der Waals surface area (Å²) in [7, 11) is 2.79. The van der Waals surface area contributed by atoms with Crippen LogP contribution in [0.2, 0.25) is 0 Å². The average Bonchev–Trinajstić information content (AvgIpc) is 3.54. The summed E-state index contributed by atoms with van der Waals surface area (Å²) in [5.74, 6) is -1.04. The first-order valence-electron chi connectivity index (χ1n) is 20.1. The molecule has 15 nitrogen and oxygen atoms in total. The molecule has 1 saturated heterocycles. The Kier molecular flexibility index (Phi) is 16.2. The number of carbonyl (C=O) groups excluding carboxylic acids is 4. The van der Waals surface area contributed by atoms with Gasteiger partial charge in [0.15, 0.2) is 0 Å². The molecule has 2 aromatic carbocycles. The van der Waals surface area contributed by atoms with Crippen molar-refractivity contribution in [3.8, 4) is 5.75 Å². The van der Waals surface area contributed by atoms with E-state index in [2.05, 4.69) is 26.4 Å². The summed E-state index contributed by atoms with van der Waals surface area (Å²) in [6, 6.07) is 19.4. The molecule has 0 aliphatic carbocycles. The third-order valence-corrected chi connectivity index (χ3v) is 10.7. The summed E-state index contributed by atoms with van der Waals surface area (Å²) in [5, 5.41) is 33.0. The van der Waals surface area contributed by atoms with E-state index in [9.17, 15) is 29.4 Å². The van der Waals surface area contributed by atoms with Gasteiger partial charge in [-0.25, -0.2) is 14.6 Å². The highest BCUT2D eigenvalue weighted by molar-refractivity contribution is 5.86. The molecule has 6 unspecified atom stereocenters. The number of urea groups is 1. The summed E-state index contributed by atoms with van der Waals surface area (Å²) in [5.41, 5.74) is 3.73. The fourth-order valence-electron chi connectivity index (χ4n) is 7.17. The highest BCUT2D eigenvalue weighted by Gasteiger charge is 2.43. The maximum atomic E-state index is 14.7. The minimum atomic E-state index is -1.22. The van der Waals surface area contributed by atoms with Crippen LogP contribution >= 0.6 is 0 Å². The number of amides is 5. The number of aliphatic hydroxyl groups excluding tert-OH is 1. The number of alkyl carbamates (subject to hydrolysis) is 1. The van der Waals surface area contributed by atoms with Gasteiger partial charge in [-0.1, -0.05) is 89.6 Å². The Labute approximate surface area is 348 Å². The van der Waals surface area contributed by atoms with Crippen molar-refractivity contribution in [2.45, 2.75) is 104 Å². The smallest absolute Gasteiger partial charge is 0.407 e. The molecule has 0 saturated carbocycles. The first-order chi connectivity index (χ1) is 27.8. The lowest BCUT2D eigenvalue weighted by molar-refractivity contribution is -0.133. The number of rotatable bonds is 19. The maximum Gasteiger partial charge on any atom is 0.407 e. The van der Waals surface area contributed by atoms with E-state index in [0.29, 0.717) is 23.6 Å². The Bertz CT molecular complexity index is 1850. The van der Waals surface area contributed by atoms with Crippen molar-refractivity contribution in [2.75, 3.05) is 27.3 Å². The van der Waals surface area contributed by atoms with Crippen LogP contribution in [0.5, 0.6) is 5.75 Å². The number of nitrogens with zero attached hydrogens (tertiary/aromatic N) is 3. The standard InChI is InChI=1S/C44H63N7O8/c1-10-28(2)37(34-24-45-41(55)51(34)26-31-17-14-18-36(46-31)44(6,7)57)39(53)47-33(23-29-15-12-11-13-16-29)35(52)27-50(25-30-19-21-32(58-8)22-20-30)49-40(54)38(43(3,4)5)48-42(56)59-9/h11-22,28,33-35,37-38,52,57H,10,23-27H2,1-9H3,(H,45,55)(H,47,53)(H,48,56)(H,49,54). The van der Waals surface area contributed by atoms with Gasteiger partial charge in [-0.15, -0.1) is 0 Å². The van der Waals surface area contributed by atoms with Crippen molar-refractivity contribution in [1.29, 1.82) is 0 Å².